The van der Waals surface area contributed by atoms with E-state index in [0.717, 1.165) is 6.42 Å². The standard InChI is InChI=1S/C14H16N4O/c1-15-13-10-17-12(9-18-13)14(19)16-8-7-11-5-3-2-4-6-11/h2-6,9-10H,7-8H2,1H3,(H,15,18)(H,16,19). The van der Waals surface area contributed by atoms with Gasteiger partial charge in [0.25, 0.3) is 5.91 Å². The lowest BCUT2D eigenvalue weighted by molar-refractivity contribution is 0.0949. The van der Waals surface area contributed by atoms with Crippen molar-refractivity contribution in [1.29, 1.82) is 0 Å². The molecule has 1 aromatic carbocycles. The largest absolute Gasteiger partial charge is 0.372 e. The highest BCUT2D eigenvalue weighted by Gasteiger charge is 2.06. The van der Waals surface area contributed by atoms with Crippen LogP contribution in [0.4, 0.5) is 5.82 Å². The summed E-state index contributed by atoms with van der Waals surface area (Å²) < 4.78 is 0. The minimum Gasteiger partial charge on any atom is -0.372 e. The van der Waals surface area contributed by atoms with E-state index in [1.54, 1.807) is 7.05 Å². The highest BCUT2D eigenvalue weighted by molar-refractivity contribution is 5.91. The summed E-state index contributed by atoms with van der Waals surface area (Å²) in [6, 6.07) is 10.0. The van der Waals surface area contributed by atoms with Gasteiger partial charge in [0, 0.05) is 13.6 Å². The van der Waals surface area contributed by atoms with Crippen molar-refractivity contribution >= 4 is 11.7 Å². The third-order valence-corrected chi connectivity index (χ3v) is 2.68. The van der Waals surface area contributed by atoms with Gasteiger partial charge in [-0.1, -0.05) is 30.3 Å². The molecular weight excluding hydrogens is 240 g/mol. The minimum atomic E-state index is -0.203. The van der Waals surface area contributed by atoms with E-state index in [-0.39, 0.29) is 5.91 Å². The predicted molar refractivity (Wildman–Crippen MR) is 74.1 cm³/mol. The number of nitrogens with one attached hydrogen (secondary N) is 2. The van der Waals surface area contributed by atoms with Crippen LogP contribution in [0.2, 0.25) is 0 Å². The molecule has 1 amide bonds. The fourth-order valence-electron chi connectivity index (χ4n) is 1.63. The Balaban J connectivity index is 1.84. The van der Waals surface area contributed by atoms with E-state index in [1.165, 1.54) is 18.0 Å². The van der Waals surface area contributed by atoms with Crippen LogP contribution in [0.1, 0.15) is 16.1 Å². The topological polar surface area (TPSA) is 66.9 Å². The number of carbonyl (C=O) groups excluding carboxylic acids is 1. The number of anilines is 1. The number of carbonyl (C=O) groups is 1. The van der Waals surface area contributed by atoms with E-state index in [2.05, 4.69) is 20.6 Å². The lowest BCUT2D eigenvalue weighted by Gasteiger charge is -2.05. The van der Waals surface area contributed by atoms with Gasteiger partial charge in [-0.2, -0.15) is 0 Å². The number of nitrogens with zero attached hydrogens (tertiary/aromatic N) is 2. The molecule has 0 aliphatic heterocycles. The van der Waals surface area contributed by atoms with Crippen molar-refractivity contribution in [1.82, 2.24) is 15.3 Å². The fourth-order valence-corrected chi connectivity index (χ4v) is 1.63. The van der Waals surface area contributed by atoms with Crippen molar-refractivity contribution in [3.8, 4) is 0 Å². The van der Waals surface area contributed by atoms with Gasteiger partial charge in [0.1, 0.15) is 11.5 Å². The zero-order valence-corrected chi connectivity index (χ0v) is 10.8. The predicted octanol–water partition coefficient (Wildman–Crippen LogP) is 1.49. The van der Waals surface area contributed by atoms with E-state index < -0.39 is 0 Å². The highest BCUT2D eigenvalue weighted by atomic mass is 16.1. The summed E-state index contributed by atoms with van der Waals surface area (Å²) in [6.45, 7) is 0.582. The molecule has 0 spiro atoms. The van der Waals surface area contributed by atoms with Crippen molar-refractivity contribution in [2.45, 2.75) is 6.42 Å². The first-order chi connectivity index (χ1) is 9.29. The van der Waals surface area contributed by atoms with Gasteiger partial charge in [-0.3, -0.25) is 4.79 Å². The number of hydrogen-bond donors (Lipinski definition) is 2. The molecule has 5 heteroatoms. The normalized spacial score (nSPS) is 9.95. The summed E-state index contributed by atoms with van der Waals surface area (Å²) >= 11 is 0. The molecular formula is C14H16N4O. The Morgan fingerprint density at radius 1 is 1.16 bits per heavy atom. The quantitative estimate of drug-likeness (QED) is 0.850. The van der Waals surface area contributed by atoms with E-state index in [4.69, 9.17) is 0 Å². The number of benzene rings is 1. The van der Waals surface area contributed by atoms with E-state index in [1.807, 2.05) is 30.3 Å². The van der Waals surface area contributed by atoms with Crippen molar-refractivity contribution in [3.05, 3.63) is 54.0 Å². The van der Waals surface area contributed by atoms with Gasteiger partial charge in [0.15, 0.2) is 0 Å². The van der Waals surface area contributed by atoms with Crippen LogP contribution in [-0.4, -0.2) is 29.5 Å². The lowest BCUT2D eigenvalue weighted by atomic mass is 10.1. The molecule has 2 rings (SSSR count). The van der Waals surface area contributed by atoms with Crippen LogP contribution in [0.25, 0.3) is 0 Å². The van der Waals surface area contributed by atoms with Crippen molar-refractivity contribution in [2.75, 3.05) is 18.9 Å². The smallest absolute Gasteiger partial charge is 0.271 e. The Hall–Kier alpha value is -2.43. The molecule has 0 saturated carbocycles. The van der Waals surface area contributed by atoms with Crippen LogP contribution in [0, 0.1) is 0 Å². The number of amides is 1. The number of aromatic nitrogens is 2. The van der Waals surface area contributed by atoms with E-state index in [0.29, 0.717) is 18.1 Å². The molecule has 0 unspecified atom stereocenters. The molecule has 0 fully saturated rings. The third-order valence-electron chi connectivity index (χ3n) is 2.68. The first-order valence-electron chi connectivity index (χ1n) is 6.11. The Bertz CT molecular complexity index is 525. The summed E-state index contributed by atoms with van der Waals surface area (Å²) in [5, 5.41) is 5.68. The molecule has 0 saturated heterocycles. The minimum absolute atomic E-state index is 0.203. The number of rotatable bonds is 5. The second-order valence-corrected chi connectivity index (χ2v) is 4.03. The summed E-state index contributed by atoms with van der Waals surface area (Å²) in [7, 11) is 1.75. The van der Waals surface area contributed by atoms with Gasteiger partial charge in [-0.05, 0) is 12.0 Å². The highest BCUT2D eigenvalue weighted by Crippen LogP contribution is 2.01. The van der Waals surface area contributed by atoms with Crippen LogP contribution in [0.3, 0.4) is 0 Å². The molecule has 0 radical (unpaired) electrons. The fraction of sp³-hybridized carbons (Fsp3) is 0.214. The molecule has 5 nitrogen and oxygen atoms in total. The van der Waals surface area contributed by atoms with Gasteiger partial charge in [0.05, 0.1) is 12.4 Å². The van der Waals surface area contributed by atoms with Crippen LogP contribution in [0.5, 0.6) is 0 Å². The van der Waals surface area contributed by atoms with Crippen LogP contribution in [0.15, 0.2) is 42.7 Å². The summed E-state index contributed by atoms with van der Waals surface area (Å²) in [4.78, 5) is 19.9. The molecule has 19 heavy (non-hydrogen) atoms. The van der Waals surface area contributed by atoms with E-state index >= 15 is 0 Å². The van der Waals surface area contributed by atoms with Crippen molar-refractivity contribution in [2.24, 2.45) is 0 Å². The lowest BCUT2D eigenvalue weighted by Crippen LogP contribution is -2.26. The summed E-state index contributed by atoms with van der Waals surface area (Å²) in [6.07, 6.45) is 3.80. The van der Waals surface area contributed by atoms with Gasteiger partial charge in [0.2, 0.25) is 0 Å². The second kappa shape index (κ2) is 6.49. The van der Waals surface area contributed by atoms with Gasteiger partial charge in [-0.15, -0.1) is 0 Å². The first-order valence-corrected chi connectivity index (χ1v) is 6.11. The van der Waals surface area contributed by atoms with Gasteiger partial charge in [-0.25, -0.2) is 9.97 Å². The van der Waals surface area contributed by atoms with Gasteiger partial charge < -0.3 is 10.6 Å². The molecule has 0 aliphatic rings. The molecule has 1 aromatic heterocycles. The maximum Gasteiger partial charge on any atom is 0.271 e. The monoisotopic (exact) mass is 256 g/mol. The van der Waals surface area contributed by atoms with Crippen LogP contribution in [-0.2, 0) is 6.42 Å². The maximum absolute atomic E-state index is 11.8. The average Bonchev–Trinajstić information content (AvgIpc) is 2.48. The Morgan fingerprint density at radius 2 is 1.95 bits per heavy atom. The van der Waals surface area contributed by atoms with Crippen LogP contribution < -0.4 is 10.6 Å². The van der Waals surface area contributed by atoms with Crippen molar-refractivity contribution < 1.29 is 4.79 Å². The molecule has 1 heterocycles. The van der Waals surface area contributed by atoms with E-state index in [9.17, 15) is 4.79 Å². The Kier molecular flexibility index (Phi) is 4.44. The second-order valence-electron chi connectivity index (χ2n) is 4.03. The Labute approximate surface area is 112 Å². The molecule has 0 bridgehead atoms. The molecule has 2 aromatic rings. The maximum atomic E-state index is 11.8. The SMILES string of the molecule is CNc1cnc(C(=O)NCCc2ccccc2)cn1. The zero-order chi connectivity index (χ0) is 13.5. The summed E-state index contributed by atoms with van der Waals surface area (Å²) in [5.74, 6) is 0.437. The number of hydrogen-bond acceptors (Lipinski definition) is 4. The molecule has 98 valence electrons. The summed E-state index contributed by atoms with van der Waals surface area (Å²) in [5.41, 5.74) is 1.52. The average molecular weight is 256 g/mol. The zero-order valence-electron chi connectivity index (χ0n) is 10.8. The van der Waals surface area contributed by atoms with Gasteiger partial charge >= 0.3 is 0 Å². The Morgan fingerprint density at radius 3 is 2.58 bits per heavy atom. The third kappa shape index (κ3) is 3.77. The molecule has 0 atom stereocenters. The molecule has 2 N–H and O–H groups in total. The first kappa shape index (κ1) is 13.0. The molecule has 0 aliphatic carbocycles. The van der Waals surface area contributed by atoms with Crippen LogP contribution >= 0.6 is 0 Å². The van der Waals surface area contributed by atoms with Crippen molar-refractivity contribution in [3.63, 3.8) is 0 Å².